The SMILES string of the molecule is CCC(c1ccco1)N1CCCC1CC(=O)O. The highest BCUT2D eigenvalue weighted by Crippen LogP contribution is 2.33. The molecule has 1 aromatic rings. The first-order chi connectivity index (χ1) is 8.22. The fraction of sp³-hybridized carbons (Fsp3) is 0.615. The Morgan fingerprint density at radius 2 is 2.53 bits per heavy atom. The maximum atomic E-state index is 10.8. The van der Waals surface area contributed by atoms with Crippen LogP contribution >= 0.6 is 0 Å². The Kier molecular flexibility index (Phi) is 3.84. The van der Waals surface area contributed by atoms with Gasteiger partial charge in [0.05, 0.1) is 18.7 Å². The summed E-state index contributed by atoms with van der Waals surface area (Å²) in [5, 5.41) is 8.93. The van der Waals surface area contributed by atoms with Crippen LogP contribution in [0.4, 0.5) is 0 Å². The summed E-state index contributed by atoms with van der Waals surface area (Å²) < 4.78 is 5.46. The summed E-state index contributed by atoms with van der Waals surface area (Å²) in [6.07, 6.45) is 4.92. The number of hydrogen-bond acceptors (Lipinski definition) is 3. The van der Waals surface area contributed by atoms with Crippen LogP contribution in [0.15, 0.2) is 22.8 Å². The summed E-state index contributed by atoms with van der Waals surface area (Å²) in [6, 6.07) is 4.24. The van der Waals surface area contributed by atoms with Crippen molar-refractivity contribution in [1.82, 2.24) is 4.90 Å². The van der Waals surface area contributed by atoms with Gasteiger partial charge < -0.3 is 9.52 Å². The normalized spacial score (nSPS) is 22.8. The molecule has 0 spiro atoms. The van der Waals surface area contributed by atoms with E-state index in [2.05, 4.69) is 11.8 Å². The van der Waals surface area contributed by atoms with Gasteiger partial charge in [-0.05, 0) is 37.9 Å². The molecule has 1 N–H and O–H groups in total. The van der Waals surface area contributed by atoms with Crippen molar-refractivity contribution in [3.63, 3.8) is 0 Å². The molecule has 2 rings (SSSR count). The molecule has 0 radical (unpaired) electrons. The Balaban J connectivity index is 2.10. The fourth-order valence-electron chi connectivity index (χ4n) is 2.77. The lowest BCUT2D eigenvalue weighted by Gasteiger charge is -2.30. The topological polar surface area (TPSA) is 53.7 Å². The maximum absolute atomic E-state index is 10.8. The van der Waals surface area contributed by atoms with Crippen LogP contribution in [0, 0.1) is 0 Å². The third-order valence-corrected chi connectivity index (χ3v) is 3.49. The van der Waals surface area contributed by atoms with E-state index >= 15 is 0 Å². The predicted molar refractivity (Wildman–Crippen MR) is 63.7 cm³/mol. The second-order valence-corrected chi connectivity index (χ2v) is 4.57. The van der Waals surface area contributed by atoms with Crippen molar-refractivity contribution < 1.29 is 14.3 Å². The molecule has 17 heavy (non-hydrogen) atoms. The lowest BCUT2D eigenvalue weighted by molar-refractivity contribution is -0.138. The van der Waals surface area contributed by atoms with Crippen LogP contribution in [0.2, 0.25) is 0 Å². The Bertz CT molecular complexity index is 361. The van der Waals surface area contributed by atoms with E-state index in [1.807, 2.05) is 12.1 Å². The molecule has 1 aromatic heterocycles. The number of hydrogen-bond donors (Lipinski definition) is 1. The minimum atomic E-state index is -0.712. The molecule has 4 heteroatoms. The molecule has 1 aliphatic heterocycles. The van der Waals surface area contributed by atoms with Crippen molar-refractivity contribution in [2.24, 2.45) is 0 Å². The van der Waals surface area contributed by atoms with E-state index < -0.39 is 5.97 Å². The van der Waals surface area contributed by atoms with Crippen molar-refractivity contribution in [2.75, 3.05) is 6.54 Å². The molecule has 0 aromatic carbocycles. The number of furan rings is 1. The highest BCUT2D eigenvalue weighted by atomic mass is 16.4. The molecule has 1 fully saturated rings. The monoisotopic (exact) mass is 237 g/mol. The number of carboxylic acid groups (broad SMARTS) is 1. The van der Waals surface area contributed by atoms with Crippen LogP contribution in [0.1, 0.15) is 44.4 Å². The average molecular weight is 237 g/mol. The molecule has 0 saturated carbocycles. The Morgan fingerprint density at radius 1 is 1.71 bits per heavy atom. The van der Waals surface area contributed by atoms with E-state index in [0.29, 0.717) is 0 Å². The van der Waals surface area contributed by atoms with Gasteiger partial charge in [-0.15, -0.1) is 0 Å². The van der Waals surface area contributed by atoms with Crippen LogP contribution < -0.4 is 0 Å². The minimum Gasteiger partial charge on any atom is -0.481 e. The first kappa shape index (κ1) is 12.2. The molecule has 1 aliphatic rings. The highest BCUT2D eigenvalue weighted by molar-refractivity contribution is 5.67. The number of aliphatic carboxylic acids is 1. The molecule has 0 bridgehead atoms. The second-order valence-electron chi connectivity index (χ2n) is 4.57. The Labute approximate surface area is 101 Å². The summed E-state index contributed by atoms with van der Waals surface area (Å²) in [5.74, 6) is 0.237. The second kappa shape index (κ2) is 5.36. The first-order valence-corrected chi connectivity index (χ1v) is 6.23. The van der Waals surface area contributed by atoms with Gasteiger partial charge in [-0.2, -0.15) is 0 Å². The summed E-state index contributed by atoms with van der Waals surface area (Å²) in [7, 11) is 0. The molecule has 1 saturated heterocycles. The van der Waals surface area contributed by atoms with Crippen LogP contribution in [-0.2, 0) is 4.79 Å². The van der Waals surface area contributed by atoms with Crippen LogP contribution in [0.25, 0.3) is 0 Å². The predicted octanol–water partition coefficient (Wildman–Crippen LogP) is 2.67. The number of rotatable bonds is 5. The number of likely N-dealkylation sites (tertiary alicyclic amines) is 1. The lowest BCUT2D eigenvalue weighted by Crippen LogP contribution is -2.34. The minimum absolute atomic E-state index is 0.155. The lowest BCUT2D eigenvalue weighted by atomic mass is 10.1. The van der Waals surface area contributed by atoms with Crippen LogP contribution in [-0.4, -0.2) is 28.6 Å². The van der Waals surface area contributed by atoms with Crippen molar-refractivity contribution in [1.29, 1.82) is 0 Å². The summed E-state index contributed by atoms with van der Waals surface area (Å²) in [5.41, 5.74) is 0. The van der Waals surface area contributed by atoms with Gasteiger partial charge in [0.25, 0.3) is 0 Å². The molecule has 0 aliphatic carbocycles. The van der Waals surface area contributed by atoms with Gasteiger partial charge in [0, 0.05) is 6.04 Å². The van der Waals surface area contributed by atoms with Crippen molar-refractivity contribution >= 4 is 5.97 Å². The molecule has 2 unspecified atom stereocenters. The number of carboxylic acids is 1. The Morgan fingerprint density at radius 3 is 3.12 bits per heavy atom. The zero-order valence-electron chi connectivity index (χ0n) is 10.1. The van der Waals surface area contributed by atoms with Gasteiger partial charge in [0.15, 0.2) is 0 Å². The number of carbonyl (C=O) groups is 1. The molecule has 4 nitrogen and oxygen atoms in total. The zero-order chi connectivity index (χ0) is 12.3. The van der Waals surface area contributed by atoms with E-state index in [4.69, 9.17) is 9.52 Å². The third kappa shape index (κ3) is 2.69. The zero-order valence-corrected chi connectivity index (χ0v) is 10.1. The fourth-order valence-corrected chi connectivity index (χ4v) is 2.77. The standard InChI is InChI=1S/C13H19NO3/c1-2-11(12-6-4-8-17-12)14-7-3-5-10(14)9-13(15)16/h4,6,8,10-11H,2-3,5,7,9H2,1H3,(H,15,16). The summed E-state index contributed by atoms with van der Waals surface area (Å²) in [4.78, 5) is 13.1. The van der Waals surface area contributed by atoms with Crippen LogP contribution in [0.5, 0.6) is 0 Å². The van der Waals surface area contributed by atoms with Gasteiger partial charge in [-0.25, -0.2) is 0 Å². The molecular formula is C13H19NO3. The van der Waals surface area contributed by atoms with Gasteiger partial charge in [0.2, 0.25) is 0 Å². The van der Waals surface area contributed by atoms with Gasteiger partial charge in [0.1, 0.15) is 5.76 Å². The number of nitrogens with zero attached hydrogens (tertiary/aromatic N) is 1. The van der Waals surface area contributed by atoms with E-state index in [1.54, 1.807) is 6.26 Å². The first-order valence-electron chi connectivity index (χ1n) is 6.23. The molecule has 2 heterocycles. The van der Waals surface area contributed by atoms with Gasteiger partial charge >= 0.3 is 5.97 Å². The molecule has 2 atom stereocenters. The summed E-state index contributed by atoms with van der Waals surface area (Å²) >= 11 is 0. The largest absolute Gasteiger partial charge is 0.481 e. The molecule has 94 valence electrons. The Hall–Kier alpha value is -1.29. The van der Waals surface area contributed by atoms with Gasteiger partial charge in [-0.3, -0.25) is 9.69 Å². The van der Waals surface area contributed by atoms with E-state index in [0.717, 1.165) is 31.6 Å². The highest BCUT2D eigenvalue weighted by Gasteiger charge is 2.33. The molecular weight excluding hydrogens is 218 g/mol. The van der Waals surface area contributed by atoms with Gasteiger partial charge in [-0.1, -0.05) is 6.92 Å². The van der Waals surface area contributed by atoms with E-state index in [9.17, 15) is 4.79 Å². The quantitative estimate of drug-likeness (QED) is 0.855. The van der Waals surface area contributed by atoms with E-state index in [-0.39, 0.29) is 18.5 Å². The van der Waals surface area contributed by atoms with Crippen LogP contribution in [0.3, 0.4) is 0 Å². The smallest absolute Gasteiger partial charge is 0.304 e. The third-order valence-electron chi connectivity index (χ3n) is 3.49. The van der Waals surface area contributed by atoms with Crippen molar-refractivity contribution in [2.45, 2.75) is 44.7 Å². The molecule has 0 amide bonds. The van der Waals surface area contributed by atoms with E-state index in [1.165, 1.54) is 0 Å². The summed E-state index contributed by atoms with van der Waals surface area (Å²) in [6.45, 7) is 3.08. The van der Waals surface area contributed by atoms with Crippen molar-refractivity contribution in [3.05, 3.63) is 24.2 Å². The maximum Gasteiger partial charge on any atom is 0.304 e. The van der Waals surface area contributed by atoms with Crippen molar-refractivity contribution in [3.8, 4) is 0 Å². The average Bonchev–Trinajstić information content (AvgIpc) is 2.91.